The number of hydrogen-bond donors (Lipinski definition) is 1. The lowest BCUT2D eigenvalue weighted by atomic mass is 10.0. The highest BCUT2D eigenvalue weighted by Gasteiger charge is 2.25. The van der Waals surface area contributed by atoms with E-state index in [1.54, 1.807) is 0 Å². The van der Waals surface area contributed by atoms with Crippen LogP contribution >= 0.6 is 0 Å². The van der Waals surface area contributed by atoms with Gasteiger partial charge in [-0.3, -0.25) is 9.59 Å². The maximum absolute atomic E-state index is 13.0. The van der Waals surface area contributed by atoms with E-state index in [9.17, 15) is 19.5 Å². The predicted molar refractivity (Wildman–Crippen MR) is 369 cm³/mol. The number of esters is 2. The number of ether oxygens (including phenoxy) is 4. The molecule has 0 aromatic heterocycles. The van der Waals surface area contributed by atoms with E-state index in [0.717, 1.165) is 38.5 Å². The van der Waals surface area contributed by atoms with Gasteiger partial charge in [-0.1, -0.05) is 366 Å². The Morgan fingerprint density at radius 1 is 0.337 bits per heavy atom. The van der Waals surface area contributed by atoms with Gasteiger partial charge in [0.15, 0.2) is 6.10 Å². The van der Waals surface area contributed by atoms with Crippen molar-refractivity contribution in [1.29, 1.82) is 0 Å². The van der Waals surface area contributed by atoms with Crippen molar-refractivity contribution in [3.05, 3.63) is 12.2 Å². The Morgan fingerprint density at radius 3 is 0.860 bits per heavy atom. The van der Waals surface area contributed by atoms with Crippen molar-refractivity contribution < 1.29 is 42.9 Å². The molecule has 0 heterocycles. The van der Waals surface area contributed by atoms with Crippen LogP contribution in [0.2, 0.25) is 0 Å². The van der Waals surface area contributed by atoms with Crippen LogP contribution in [-0.2, 0) is 33.3 Å². The third-order valence-corrected chi connectivity index (χ3v) is 17.8. The smallest absolute Gasteiger partial charge is 0.361 e. The van der Waals surface area contributed by atoms with Crippen LogP contribution in [0.4, 0.5) is 0 Å². The highest BCUT2D eigenvalue weighted by molar-refractivity contribution is 5.71. The molecule has 1 N–H and O–H groups in total. The van der Waals surface area contributed by atoms with Gasteiger partial charge in [0.05, 0.1) is 34.4 Å². The minimum Gasteiger partial charge on any atom is -0.477 e. The van der Waals surface area contributed by atoms with Gasteiger partial charge in [-0.25, -0.2) is 4.79 Å². The number of rotatable bonds is 73. The van der Waals surface area contributed by atoms with E-state index in [0.29, 0.717) is 17.4 Å². The van der Waals surface area contributed by atoms with Crippen molar-refractivity contribution in [3.8, 4) is 0 Å². The summed E-state index contributed by atoms with van der Waals surface area (Å²) in [6, 6.07) is 0. The first-order chi connectivity index (χ1) is 42.1. The van der Waals surface area contributed by atoms with Gasteiger partial charge in [0.1, 0.15) is 13.2 Å². The molecule has 9 nitrogen and oxygen atoms in total. The molecule has 0 aliphatic heterocycles. The number of hydrogen-bond acceptors (Lipinski definition) is 7. The summed E-state index contributed by atoms with van der Waals surface area (Å²) in [7, 11) is 6.00. The summed E-state index contributed by atoms with van der Waals surface area (Å²) in [5, 5.41) is 9.76. The third kappa shape index (κ3) is 69.5. The van der Waals surface area contributed by atoms with Gasteiger partial charge in [-0.15, -0.1) is 0 Å². The molecule has 0 fully saturated rings. The standard InChI is InChI=1S/C77H149NO8/c1-6-8-10-12-14-16-18-20-22-24-26-28-30-32-33-34-35-36-37-38-39-40-41-42-44-45-47-49-51-53-55-57-59-61-63-65-67-74(79)84-71-73(72-85-77(76(81)82)83-70-69-78(3,4)5)86-75(80)68-66-64-62-60-58-56-54-52-50-48-46-43-31-29-27-25-23-21-19-17-15-13-11-9-7-2/h25,27,73,77H,6-24,26,28-72H2,1-5H3/p+1/b27-25-. The van der Waals surface area contributed by atoms with Gasteiger partial charge >= 0.3 is 17.9 Å². The van der Waals surface area contributed by atoms with E-state index in [2.05, 4.69) is 26.0 Å². The summed E-state index contributed by atoms with van der Waals surface area (Å²) in [6.45, 7) is 4.97. The van der Waals surface area contributed by atoms with E-state index in [1.165, 1.54) is 340 Å². The maximum atomic E-state index is 13.0. The first-order valence-corrected chi connectivity index (χ1v) is 38.4. The van der Waals surface area contributed by atoms with Crippen molar-refractivity contribution in [1.82, 2.24) is 0 Å². The number of unbranched alkanes of at least 4 members (excludes halogenated alkanes) is 56. The van der Waals surface area contributed by atoms with Gasteiger partial charge in [-0.2, -0.15) is 0 Å². The second-order valence-electron chi connectivity index (χ2n) is 27.7. The second kappa shape index (κ2) is 68.9. The summed E-state index contributed by atoms with van der Waals surface area (Å²) < 4.78 is 23.0. The molecule has 0 spiro atoms. The van der Waals surface area contributed by atoms with Gasteiger partial charge in [0.25, 0.3) is 6.29 Å². The summed E-state index contributed by atoms with van der Waals surface area (Å²) in [5.74, 6) is -1.97. The normalized spacial score (nSPS) is 12.6. The number of carboxylic acids is 1. The lowest BCUT2D eigenvalue weighted by Gasteiger charge is -2.25. The van der Waals surface area contributed by atoms with Crippen LogP contribution in [0.25, 0.3) is 0 Å². The number of carboxylic acid groups (broad SMARTS) is 1. The number of allylic oxidation sites excluding steroid dienone is 2. The summed E-state index contributed by atoms with van der Waals surface area (Å²) >= 11 is 0. The molecule has 0 aliphatic carbocycles. The zero-order chi connectivity index (χ0) is 62.6. The van der Waals surface area contributed by atoms with E-state index in [4.69, 9.17) is 18.9 Å². The third-order valence-electron chi connectivity index (χ3n) is 17.8. The lowest BCUT2D eigenvalue weighted by Crippen LogP contribution is -2.40. The van der Waals surface area contributed by atoms with Gasteiger partial charge in [0.2, 0.25) is 0 Å². The Balaban J connectivity index is 3.96. The van der Waals surface area contributed by atoms with E-state index >= 15 is 0 Å². The predicted octanol–water partition coefficient (Wildman–Crippen LogP) is 24.0. The van der Waals surface area contributed by atoms with Crippen LogP contribution in [0.5, 0.6) is 0 Å². The Morgan fingerprint density at radius 2 is 0.593 bits per heavy atom. The largest absolute Gasteiger partial charge is 0.477 e. The first-order valence-electron chi connectivity index (χ1n) is 38.4. The van der Waals surface area contributed by atoms with Gasteiger partial charge in [-0.05, 0) is 38.5 Å². The maximum Gasteiger partial charge on any atom is 0.361 e. The molecule has 0 saturated carbocycles. The van der Waals surface area contributed by atoms with Crippen molar-refractivity contribution in [2.24, 2.45) is 0 Å². The minimum absolute atomic E-state index is 0.174. The average molecular weight is 1220 g/mol. The molecular formula is C77H150NO8+. The molecule has 510 valence electrons. The lowest BCUT2D eigenvalue weighted by molar-refractivity contribution is -0.870. The van der Waals surface area contributed by atoms with Crippen molar-refractivity contribution in [2.75, 3.05) is 47.5 Å². The molecule has 0 radical (unpaired) electrons. The van der Waals surface area contributed by atoms with Crippen LogP contribution < -0.4 is 0 Å². The highest BCUT2D eigenvalue weighted by Crippen LogP contribution is 2.20. The van der Waals surface area contributed by atoms with Crippen molar-refractivity contribution in [3.63, 3.8) is 0 Å². The van der Waals surface area contributed by atoms with Crippen molar-refractivity contribution in [2.45, 2.75) is 418 Å². The van der Waals surface area contributed by atoms with Crippen LogP contribution in [-0.4, -0.2) is 87.4 Å². The summed E-state index contributed by atoms with van der Waals surface area (Å²) in [5.41, 5.74) is 0. The number of nitrogens with zero attached hydrogens (tertiary/aromatic N) is 1. The monoisotopic (exact) mass is 1220 g/mol. The molecule has 0 amide bonds. The fourth-order valence-electron chi connectivity index (χ4n) is 11.9. The first kappa shape index (κ1) is 84.0. The fourth-order valence-corrected chi connectivity index (χ4v) is 11.9. The molecule has 0 aromatic carbocycles. The number of likely N-dealkylation sites (N-methyl/N-ethyl adjacent to an activating group) is 1. The van der Waals surface area contributed by atoms with Crippen LogP contribution in [0.3, 0.4) is 0 Å². The number of aliphatic carboxylic acids is 1. The van der Waals surface area contributed by atoms with Gasteiger partial charge in [0, 0.05) is 12.8 Å². The summed E-state index contributed by atoms with van der Waals surface area (Å²) in [6.07, 6.45) is 82.2. The Labute approximate surface area is 535 Å². The molecule has 9 heteroatoms. The molecule has 0 rings (SSSR count). The van der Waals surface area contributed by atoms with Crippen LogP contribution in [0.15, 0.2) is 12.2 Å². The quantitative estimate of drug-likeness (QED) is 0.0211. The molecular weight excluding hydrogens is 1070 g/mol. The Kier molecular flexibility index (Phi) is 67.4. The summed E-state index contributed by atoms with van der Waals surface area (Å²) in [4.78, 5) is 37.7. The Bertz CT molecular complexity index is 1410. The molecule has 0 bridgehead atoms. The number of quaternary nitrogens is 1. The number of carbonyl (C=O) groups is 3. The van der Waals surface area contributed by atoms with E-state index in [-0.39, 0.29) is 38.2 Å². The zero-order valence-corrected chi connectivity index (χ0v) is 58.5. The second-order valence-corrected chi connectivity index (χ2v) is 27.7. The molecule has 86 heavy (non-hydrogen) atoms. The zero-order valence-electron chi connectivity index (χ0n) is 58.5. The molecule has 2 unspecified atom stereocenters. The van der Waals surface area contributed by atoms with Gasteiger partial charge < -0.3 is 28.5 Å². The number of carbonyl (C=O) groups excluding carboxylic acids is 2. The average Bonchev–Trinajstić information content (AvgIpc) is 3.63. The Hall–Kier alpha value is -1.97. The molecule has 2 atom stereocenters. The molecule has 0 aliphatic rings. The molecule has 0 saturated heterocycles. The SMILES string of the molecule is CCCCCCCCCC/C=C\CCCCCCCCCCCCCCCC(=O)OC(COC(=O)CCCCCCCCCCCCCCCCCCCCCCCCCCCCCCCCCCCCCC)COC(OCC[N+](C)(C)C)C(=O)O. The van der Waals surface area contributed by atoms with E-state index < -0.39 is 18.4 Å². The minimum atomic E-state index is -1.51. The fraction of sp³-hybridized carbons (Fsp3) is 0.935. The molecule has 0 aromatic rings. The topological polar surface area (TPSA) is 108 Å². The highest BCUT2D eigenvalue weighted by atomic mass is 16.7. The van der Waals surface area contributed by atoms with Crippen molar-refractivity contribution >= 4 is 17.9 Å². The van der Waals surface area contributed by atoms with Crippen LogP contribution in [0, 0.1) is 0 Å². The van der Waals surface area contributed by atoms with Crippen LogP contribution in [0.1, 0.15) is 406 Å². The van der Waals surface area contributed by atoms with E-state index in [1.807, 2.05) is 21.1 Å².